The van der Waals surface area contributed by atoms with Gasteiger partial charge in [-0.3, -0.25) is 0 Å². The van der Waals surface area contributed by atoms with Gasteiger partial charge < -0.3 is 15.2 Å². The zero-order chi connectivity index (χ0) is 24.3. The van der Waals surface area contributed by atoms with Gasteiger partial charge in [-0.15, -0.1) is 0 Å². The van der Waals surface area contributed by atoms with Crippen molar-refractivity contribution < 1.29 is 14.6 Å². The second-order valence-electron chi connectivity index (χ2n) is 13.0. The summed E-state index contributed by atoms with van der Waals surface area (Å²) in [6.07, 6.45) is 19.4. The van der Waals surface area contributed by atoms with Gasteiger partial charge in [0.05, 0.1) is 12.9 Å². The van der Waals surface area contributed by atoms with Crippen molar-refractivity contribution in [1.29, 1.82) is 0 Å². The molecule has 4 fully saturated rings. The molecule has 4 aliphatic rings. The third-order valence-electron chi connectivity index (χ3n) is 11.3. The van der Waals surface area contributed by atoms with E-state index in [0.29, 0.717) is 10.8 Å². The summed E-state index contributed by atoms with van der Waals surface area (Å²) in [5.74, 6) is 5.63. The van der Waals surface area contributed by atoms with Gasteiger partial charge in [0, 0.05) is 6.54 Å². The molecule has 4 heteroatoms. The maximum atomic E-state index is 11.5. The number of fused-ring (bicyclic) bond motifs is 5. The number of alkyl carbamates (subject to hydrolysis) is 1. The lowest BCUT2D eigenvalue weighted by atomic mass is 9.44. The smallest absolute Gasteiger partial charge is 0.412 e. The first-order valence-electron chi connectivity index (χ1n) is 14.5. The molecule has 0 aliphatic heterocycles. The van der Waals surface area contributed by atoms with Crippen molar-refractivity contribution in [2.24, 2.45) is 46.3 Å². The lowest BCUT2D eigenvalue weighted by molar-refractivity contribution is -0.114. The average Bonchev–Trinajstić information content (AvgIpc) is 3.18. The van der Waals surface area contributed by atoms with E-state index >= 15 is 0 Å². The molecule has 0 aromatic carbocycles. The molecule has 2 N–H and O–H groups in total. The number of hydrogen-bond donors (Lipinski definition) is 2. The van der Waals surface area contributed by atoms with Crippen LogP contribution in [0.5, 0.6) is 0 Å². The van der Waals surface area contributed by atoms with E-state index in [4.69, 9.17) is 9.84 Å². The molecule has 4 rings (SSSR count). The van der Waals surface area contributed by atoms with Gasteiger partial charge >= 0.3 is 6.09 Å². The fourth-order valence-electron chi connectivity index (χ4n) is 9.59. The Morgan fingerprint density at radius 1 is 1.06 bits per heavy atom. The van der Waals surface area contributed by atoms with Crippen LogP contribution in [-0.2, 0) is 4.74 Å². The van der Waals surface area contributed by atoms with E-state index in [2.05, 4.69) is 26.1 Å². The SMILES string of the molecule is CC(=COC(=O)NCCO)CCC[C@@H](C)[C@H]1CC[C@H]2[C@@H]3CCC4CCCC[C@]4(C)[C@H]3CC[C@]12C. The number of hydrogen-bond acceptors (Lipinski definition) is 3. The summed E-state index contributed by atoms with van der Waals surface area (Å²) in [6.45, 7) is 10.1. The van der Waals surface area contributed by atoms with Crippen molar-refractivity contribution in [2.45, 2.75) is 111 Å². The lowest BCUT2D eigenvalue weighted by Gasteiger charge is -2.61. The number of nitrogens with one attached hydrogen (secondary N) is 1. The molecule has 194 valence electrons. The van der Waals surface area contributed by atoms with Crippen molar-refractivity contribution in [3.63, 3.8) is 0 Å². The Balaban J connectivity index is 1.30. The molecule has 0 aromatic rings. The summed E-state index contributed by atoms with van der Waals surface area (Å²) >= 11 is 0. The first kappa shape index (κ1) is 26.0. The molecule has 0 saturated heterocycles. The van der Waals surface area contributed by atoms with Crippen LogP contribution in [0.2, 0.25) is 0 Å². The predicted molar refractivity (Wildman–Crippen MR) is 138 cm³/mol. The standard InChI is InChI=1S/C30H51NO3/c1-21(20-34-28(33)31-18-19-32)8-7-9-22(2)25-13-14-26-24-12-11-23-10-5-6-16-29(23,3)27(24)15-17-30(25,26)4/h20,22-27,32H,5-19H2,1-4H3,(H,31,33)/t22-,23?,24+,25-,26+,27+,29+,30-/m1/s1. The van der Waals surface area contributed by atoms with Gasteiger partial charge in [0.2, 0.25) is 0 Å². The van der Waals surface area contributed by atoms with Gasteiger partial charge in [0.15, 0.2) is 0 Å². The number of aliphatic hydroxyl groups is 1. The Hall–Kier alpha value is -1.03. The van der Waals surface area contributed by atoms with Crippen LogP contribution < -0.4 is 5.32 Å². The predicted octanol–water partition coefficient (Wildman–Crippen LogP) is 7.46. The topological polar surface area (TPSA) is 58.6 Å². The zero-order valence-corrected chi connectivity index (χ0v) is 22.4. The Morgan fingerprint density at radius 3 is 2.65 bits per heavy atom. The van der Waals surface area contributed by atoms with Crippen LogP contribution >= 0.6 is 0 Å². The molecule has 1 amide bonds. The molecular formula is C30H51NO3. The molecule has 4 saturated carbocycles. The van der Waals surface area contributed by atoms with E-state index in [9.17, 15) is 4.79 Å². The van der Waals surface area contributed by atoms with Crippen LogP contribution in [0.4, 0.5) is 4.79 Å². The first-order chi connectivity index (χ1) is 16.3. The highest BCUT2D eigenvalue weighted by Crippen LogP contribution is 2.68. The minimum Gasteiger partial charge on any atom is -0.418 e. The molecule has 8 atom stereocenters. The van der Waals surface area contributed by atoms with E-state index in [1.54, 1.807) is 6.26 Å². The van der Waals surface area contributed by atoms with E-state index in [0.717, 1.165) is 53.9 Å². The van der Waals surface area contributed by atoms with E-state index in [-0.39, 0.29) is 13.2 Å². The second kappa shape index (κ2) is 10.9. The zero-order valence-electron chi connectivity index (χ0n) is 22.4. The molecule has 0 heterocycles. The maximum Gasteiger partial charge on any atom is 0.412 e. The summed E-state index contributed by atoms with van der Waals surface area (Å²) in [7, 11) is 0. The van der Waals surface area contributed by atoms with Gasteiger partial charge in [-0.25, -0.2) is 4.79 Å². The summed E-state index contributed by atoms with van der Waals surface area (Å²) in [5, 5.41) is 11.3. The molecule has 0 aromatic heterocycles. The second-order valence-corrected chi connectivity index (χ2v) is 13.0. The normalized spacial score (nSPS) is 40.6. The lowest BCUT2D eigenvalue weighted by Crippen LogP contribution is -2.53. The van der Waals surface area contributed by atoms with Gasteiger partial charge in [0.1, 0.15) is 0 Å². The molecule has 34 heavy (non-hydrogen) atoms. The molecule has 0 bridgehead atoms. The van der Waals surface area contributed by atoms with Crippen LogP contribution in [0.3, 0.4) is 0 Å². The van der Waals surface area contributed by atoms with Crippen molar-refractivity contribution in [2.75, 3.05) is 13.2 Å². The van der Waals surface area contributed by atoms with Gasteiger partial charge in [0.25, 0.3) is 0 Å². The number of carbonyl (C=O) groups excluding carboxylic acids is 1. The van der Waals surface area contributed by atoms with Gasteiger partial charge in [-0.2, -0.15) is 0 Å². The fraction of sp³-hybridized carbons (Fsp3) is 0.900. The molecule has 0 radical (unpaired) electrons. The molecule has 0 spiro atoms. The van der Waals surface area contributed by atoms with Crippen LogP contribution in [0.15, 0.2) is 11.8 Å². The van der Waals surface area contributed by atoms with Crippen LogP contribution in [-0.4, -0.2) is 24.4 Å². The van der Waals surface area contributed by atoms with Crippen molar-refractivity contribution in [3.05, 3.63) is 11.8 Å². The van der Waals surface area contributed by atoms with E-state index < -0.39 is 6.09 Å². The molecule has 4 aliphatic carbocycles. The summed E-state index contributed by atoms with van der Waals surface area (Å²) in [5.41, 5.74) is 2.31. The van der Waals surface area contributed by atoms with Gasteiger partial charge in [-0.1, -0.05) is 40.0 Å². The van der Waals surface area contributed by atoms with Crippen molar-refractivity contribution >= 4 is 6.09 Å². The molecular weight excluding hydrogens is 422 g/mol. The summed E-state index contributed by atoms with van der Waals surface area (Å²) in [4.78, 5) is 11.5. The Kier molecular flexibility index (Phi) is 8.37. The van der Waals surface area contributed by atoms with Gasteiger partial charge in [-0.05, 0) is 123 Å². The molecule has 4 nitrogen and oxygen atoms in total. The number of ether oxygens (including phenoxy) is 1. The third-order valence-corrected chi connectivity index (χ3v) is 11.3. The molecule has 1 unspecified atom stereocenters. The quantitative estimate of drug-likeness (QED) is 0.360. The number of allylic oxidation sites excluding steroid dienone is 1. The van der Waals surface area contributed by atoms with Crippen LogP contribution in [0.1, 0.15) is 111 Å². The van der Waals surface area contributed by atoms with E-state index in [1.165, 1.54) is 70.6 Å². The van der Waals surface area contributed by atoms with Crippen LogP contribution in [0.25, 0.3) is 0 Å². The number of aliphatic hydroxyl groups excluding tert-OH is 1. The van der Waals surface area contributed by atoms with Crippen LogP contribution in [0, 0.1) is 46.3 Å². The highest BCUT2D eigenvalue weighted by atomic mass is 16.5. The van der Waals surface area contributed by atoms with Crippen molar-refractivity contribution in [1.82, 2.24) is 5.32 Å². The average molecular weight is 474 g/mol. The first-order valence-corrected chi connectivity index (χ1v) is 14.5. The maximum absolute atomic E-state index is 11.5. The summed E-state index contributed by atoms with van der Waals surface area (Å²) < 4.78 is 5.12. The number of rotatable bonds is 8. The Morgan fingerprint density at radius 2 is 1.85 bits per heavy atom. The van der Waals surface area contributed by atoms with Crippen molar-refractivity contribution in [3.8, 4) is 0 Å². The highest BCUT2D eigenvalue weighted by Gasteiger charge is 2.60. The largest absolute Gasteiger partial charge is 0.418 e. The Labute approximate surface area is 208 Å². The van der Waals surface area contributed by atoms with E-state index in [1.807, 2.05) is 6.92 Å². The number of amides is 1. The number of carbonyl (C=O) groups is 1. The summed E-state index contributed by atoms with van der Waals surface area (Å²) in [6, 6.07) is 0. The monoisotopic (exact) mass is 473 g/mol. The minimum absolute atomic E-state index is 0.0716. The highest BCUT2D eigenvalue weighted by molar-refractivity contribution is 5.67. The minimum atomic E-state index is -0.488. The fourth-order valence-corrected chi connectivity index (χ4v) is 9.59. The third kappa shape index (κ3) is 5.08. The Bertz CT molecular complexity index is 735.